The number of hydrogen-bond donors (Lipinski definition) is 4. The first-order valence-corrected chi connectivity index (χ1v) is 36.1. The second-order valence-corrected chi connectivity index (χ2v) is 26.6. The van der Waals surface area contributed by atoms with Crippen LogP contribution in [0.15, 0.2) is 182 Å². The van der Waals surface area contributed by atoms with Crippen LogP contribution < -0.4 is 26.0 Å². The Hall–Kier alpha value is -9.77. The van der Waals surface area contributed by atoms with E-state index in [1.807, 2.05) is 141 Å². The molecule has 5 amide bonds. The topological polar surface area (TPSA) is 241 Å². The number of nitrogens with one attached hydrogen (secondary N) is 4. The Labute approximate surface area is 607 Å². The molecule has 103 heavy (non-hydrogen) atoms. The summed E-state index contributed by atoms with van der Waals surface area (Å²) in [4.78, 5) is 90.3. The molecule has 0 aliphatic heterocycles. The maximum Gasteiger partial charge on any atom is 0.407 e. The second-order valence-electron chi connectivity index (χ2n) is 26.6. The number of unbranched alkanes of at least 4 members (excludes halogenated alkanes) is 5. The molecule has 0 unspecified atom stereocenters. The number of benzene rings is 4. The van der Waals surface area contributed by atoms with Crippen LogP contribution in [0.2, 0.25) is 0 Å². The Kier molecular flexibility index (Phi) is 33.6. The number of ether oxygens (including phenoxy) is 5. The van der Waals surface area contributed by atoms with Crippen LogP contribution in [0.4, 0.5) is 16.4 Å². The van der Waals surface area contributed by atoms with Gasteiger partial charge in [-0.1, -0.05) is 149 Å². The number of amides is 5. The Morgan fingerprint density at radius 3 is 1.46 bits per heavy atom. The van der Waals surface area contributed by atoms with Gasteiger partial charge >= 0.3 is 6.09 Å². The fraction of sp³-hybridized carbons (Fsp3) is 0.402. The van der Waals surface area contributed by atoms with Gasteiger partial charge in [-0.2, -0.15) is 0 Å². The summed E-state index contributed by atoms with van der Waals surface area (Å²) in [6, 6.07) is 55.7. The first-order chi connectivity index (χ1) is 50.1. The van der Waals surface area contributed by atoms with Gasteiger partial charge in [0.05, 0.1) is 55.8 Å². The predicted octanol–water partition coefficient (Wildman–Crippen LogP) is 14.0. The third-order valence-corrected chi connectivity index (χ3v) is 16.4. The lowest BCUT2D eigenvalue weighted by Crippen LogP contribution is -2.35. The minimum absolute atomic E-state index is 0.0507. The molecule has 8 aromatic rings. The lowest BCUT2D eigenvalue weighted by atomic mass is 10.0. The molecule has 0 spiro atoms. The molecule has 4 aromatic carbocycles. The summed E-state index contributed by atoms with van der Waals surface area (Å²) in [6.07, 6.45) is 11.0. The van der Waals surface area contributed by atoms with Crippen LogP contribution in [-0.4, -0.2) is 123 Å². The molecule has 0 saturated heterocycles. The van der Waals surface area contributed by atoms with E-state index in [0.29, 0.717) is 115 Å². The fourth-order valence-corrected chi connectivity index (χ4v) is 11.3. The standard InChI is InChI=1S/C82H103N11O10/c1-6-8-11-31-77(94)89-75-29-21-27-72(87-75)59-91(57-70-25-15-17-41-83-70)54-66-49-67(55-92(58-71-26-16-18-42-84-71)60-73-28-22-30-76(88-73)90-78(95)32-12-9-7-2)51-74(50-66)102-44-20-19-43-93(56-65-37-39-69(40-38-65)68-23-13-10-14-24-68)80(97)62-101-48-46-99-45-47-100-61-79(96)85-52-63-33-35-64(36-34-63)53-86-81(98)103-82(3,4)5/h10,13-18,21-30,33-42,49-51H,6-9,11-12,19-20,31-32,43-48,52-62H2,1-5H3,(H,85,96)(H,86,98)(H,87,89,94)(H,88,90,95). The van der Waals surface area contributed by atoms with Gasteiger partial charge in [-0.05, 0) is 146 Å². The van der Waals surface area contributed by atoms with E-state index in [1.165, 1.54) is 0 Å². The summed E-state index contributed by atoms with van der Waals surface area (Å²) in [6.45, 7) is 15.1. The summed E-state index contributed by atoms with van der Waals surface area (Å²) in [5.41, 5.74) is 9.79. The number of alkyl carbamates (subject to hydrolysis) is 1. The maximum absolute atomic E-state index is 14.1. The van der Waals surface area contributed by atoms with Crippen molar-refractivity contribution in [3.8, 4) is 16.9 Å². The molecular formula is C82H103N11O10. The highest BCUT2D eigenvalue weighted by molar-refractivity contribution is 5.90. The lowest BCUT2D eigenvalue weighted by molar-refractivity contribution is -0.137. The number of anilines is 2. The molecule has 0 atom stereocenters. The smallest absolute Gasteiger partial charge is 0.407 e. The summed E-state index contributed by atoms with van der Waals surface area (Å²) >= 11 is 0. The van der Waals surface area contributed by atoms with E-state index in [0.717, 1.165) is 100 Å². The van der Waals surface area contributed by atoms with E-state index >= 15 is 0 Å². The summed E-state index contributed by atoms with van der Waals surface area (Å²) < 4.78 is 29.2. The molecule has 4 heterocycles. The van der Waals surface area contributed by atoms with Crippen molar-refractivity contribution in [3.63, 3.8) is 0 Å². The van der Waals surface area contributed by atoms with Gasteiger partial charge < -0.3 is 49.9 Å². The lowest BCUT2D eigenvalue weighted by Gasteiger charge is -2.25. The van der Waals surface area contributed by atoms with Gasteiger partial charge in [0.25, 0.3) is 0 Å². The van der Waals surface area contributed by atoms with Crippen LogP contribution in [-0.2, 0) is 97.0 Å². The molecule has 0 saturated carbocycles. The molecule has 0 fully saturated rings. The van der Waals surface area contributed by atoms with E-state index in [4.69, 9.17) is 43.6 Å². The minimum Gasteiger partial charge on any atom is -0.494 e. The third kappa shape index (κ3) is 31.2. The van der Waals surface area contributed by atoms with Gasteiger partial charge in [0, 0.05) is 90.7 Å². The van der Waals surface area contributed by atoms with Crippen molar-refractivity contribution >= 4 is 41.4 Å². The van der Waals surface area contributed by atoms with Crippen molar-refractivity contribution in [2.24, 2.45) is 0 Å². The normalized spacial score (nSPS) is 11.3. The summed E-state index contributed by atoms with van der Waals surface area (Å²) in [5, 5.41) is 11.6. The van der Waals surface area contributed by atoms with Crippen molar-refractivity contribution in [1.82, 2.24) is 45.3 Å². The number of aromatic nitrogens is 4. The largest absolute Gasteiger partial charge is 0.494 e. The first-order valence-electron chi connectivity index (χ1n) is 36.1. The third-order valence-electron chi connectivity index (χ3n) is 16.4. The van der Waals surface area contributed by atoms with Gasteiger partial charge in [0.2, 0.25) is 23.6 Å². The Bertz CT molecular complexity index is 3690. The maximum atomic E-state index is 14.1. The van der Waals surface area contributed by atoms with E-state index < -0.39 is 11.7 Å². The monoisotopic (exact) mass is 1400 g/mol. The molecule has 546 valence electrons. The van der Waals surface area contributed by atoms with Crippen LogP contribution in [0.3, 0.4) is 0 Å². The zero-order valence-corrected chi connectivity index (χ0v) is 60.6. The average Bonchev–Trinajstić information content (AvgIpc) is 0.841. The number of rotatable bonds is 45. The highest BCUT2D eigenvalue weighted by Gasteiger charge is 2.20. The number of pyridine rings is 4. The number of carbonyl (C=O) groups is 5. The van der Waals surface area contributed by atoms with Crippen molar-refractivity contribution in [2.45, 2.75) is 163 Å². The van der Waals surface area contributed by atoms with Crippen molar-refractivity contribution in [2.75, 3.05) is 63.4 Å². The Morgan fingerprint density at radius 2 is 0.922 bits per heavy atom. The summed E-state index contributed by atoms with van der Waals surface area (Å²) in [5.74, 6) is 1.21. The molecule has 4 aromatic heterocycles. The fourth-order valence-electron chi connectivity index (χ4n) is 11.3. The van der Waals surface area contributed by atoms with Crippen LogP contribution in [0.25, 0.3) is 11.1 Å². The van der Waals surface area contributed by atoms with Gasteiger partial charge in [0.1, 0.15) is 36.2 Å². The molecule has 21 heteroatoms. The molecule has 0 radical (unpaired) electrons. The number of nitrogens with zero attached hydrogens (tertiary/aromatic N) is 7. The van der Waals surface area contributed by atoms with E-state index in [-0.39, 0.29) is 63.3 Å². The zero-order valence-electron chi connectivity index (χ0n) is 60.6. The predicted molar refractivity (Wildman–Crippen MR) is 401 cm³/mol. The van der Waals surface area contributed by atoms with Gasteiger partial charge in [-0.15, -0.1) is 0 Å². The SMILES string of the molecule is CCCCCC(=O)Nc1cccc(CN(Cc2cc(CN(Cc3ccccn3)Cc3cccc(NC(=O)CCCCC)n3)cc(OCCCCN(Cc3ccc(-c4ccccc4)cc3)C(=O)COCCOCCOCC(=O)NCc3ccc(CNC(=O)OC(C)(C)C)cc3)c2)Cc2ccccn2)n1. The van der Waals surface area contributed by atoms with Gasteiger partial charge in [-0.3, -0.25) is 38.9 Å². The molecule has 4 N–H and O–H groups in total. The Balaban J connectivity index is 0.909. The molecule has 0 aliphatic rings. The Morgan fingerprint density at radius 1 is 0.427 bits per heavy atom. The van der Waals surface area contributed by atoms with E-state index in [9.17, 15) is 24.0 Å². The molecular weight excluding hydrogens is 1300 g/mol. The van der Waals surface area contributed by atoms with E-state index in [2.05, 4.69) is 99.5 Å². The first kappa shape index (κ1) is 78.9. The number of hydrogen-bond acceptors (Lipinski definition) is 16. The average molecular weight is 1400 g/mol. The second kappa shape index (κ2) is 43.9. The van der Waals surface area contributed by atoms with Crippen LogP contribution in [0, 0.1) is 0 Å². The number of carbonyl (C=O) groups excluding carboxylic acids is 5. The van der Waals surface area contributed by atoms with E-state index in [1.54, 1.807) is 12.4 Å². The van der Waals surface area contributed by atoms with Crippen molar-refractivity contribution in [3.05, 3.63) is 233 Å². The quantitative estimate of drug-likeness (QED) is 0.0259. The van der Waals surface area contributed by atoms with Crippen LogP contribution >= 0.6 is 0 Å². The highest BCUT2D eigenvalue weighted by Crippen LogP contribution is 2.26. The molecule has 21 nitrogen and oxygen atoms in total. The van der Waals surface area contributed by atoms with Crippen molar-refractivity contribution < 1.29 is 47.7 Å². The molecule has 8 rings (SSSR count). The highest BCUT2D eigenvalue weighted by atomic mass is 16.6. The van der Waals surface area contributed by atoms with Gasteiger partial charge in [-0.25, -0.2) is 14.8 Å². The van der Waals surface area contributed by atoms with Gasteiger partial charge in [0.15, 0.2) is 0 Å². The minimum atomic E-state index is -0.581. The molecule has 0 bridgehead atoms. The van der Waals surface area contributed by atoms with Crippen LogP contribution in [0.1, 0.15) is 149 Å². The van der Waals surface area contributed by atoms with Crippen LogP contribution in [0.5, 0.6) is 5.75 Å². The zero-order chi connectivity index (χ0) is 72.7. The summed E-state index contributed by atoms with van der Waals surface area (Å²) in [7, 11) is 0. The molecule has 0 aliphatic carbocycles. The van der Waals surface area contributed by atoms with Crippen molar-refractivity contribution in [1.29, 1.82) is 0 Å².